The fraction of sp³-hybridized carbons (Fsp3) is 0.0400. The molecular formula is C25H23N2P. The largest absolute Gasteiger partial charge is 0.399 e. The molecule has 28 heavy (non-hydrogen) atoms. The van der Waals surface area contributed by atoms with Gasteiger partial charge in [-0.05, 0) is 30.7 Å². The average Bonchev–Trinajstić information content (AvgIpc) is 2.76. The molecule has 0 aliphatic rings. The van der Waals surface area contributed by atoms with Crippen LogP contribution in [0, 0.1) is 6.92 Å². The van der Waals surface area contributed by atoms with Crippen molar-refractivity contribution in [1.29, 1.82) is 0 Å². The van der Waals surface area contributed by atoms with Crippen LogP contribution in [-0.4, -0.2) is 0 Å². The van der Waals surface area contributed by atoms with Crippen molar-refractivity contribution >= 4 is 34.3 Å². The summed E-state index contributed by atoms with van der Waals surface area (Å²) in [5.41, 5.74) is 8.85. The molecule has 0 radical (unpaired) electrons. The molecule has 0 fully saturated rings. The summed E-state index contributed by atoms with van der Waals surface area (Å²) in [6, 6.07) is 38.0. The van der Waals surface area contributed by atoms with E-state index in [0.29, 0.717) is 0 Å². The lowest BCUT2D eigenvalue weighted by atomic mass is 10.2. The zero-order chi connectivity index (χ0) is 19.4. The Morgan fingerprint density at radius 1 is 0.607 bits per heavy atom. The maximum atomic E-state index is 6.05. The van der Waals surface area contributed by atoms with Crippen LogP contribution in [-0.2, 0) is 0 Å². The highest BCUT2D eigenvalue weighted by Gasteiger charge is 2.27. The van der Waals surface area contributed by atoms with E-state index in [1.807, 2.05) is 19.1 Å². The molecule has 0 saturated heterocycles. The first-order valence-electron chi connectivity index (χ1n) is 9.35. The van der Waals surface area contributed by atoms with E-state index in [-0.39, 0.29) is 0 Å². The lowest BCUT2D eigenvalue weighted by Crippen LogP contribution is -2.25. The number of hydrogen-bond acceptors (Lipinski definition) is 2. The first-order valence-corrected chi connectivity index (χ1v) is 11.1. The SMILES string of the molecule is Cc1cc(N=P(c2ccccc2)(c2ccccc2)c2ccccc2)ccc1N. The van der Waals surface area contributed by atoms with Crippen LogP contribution in [0.25, 0.3) is 0 Å². The first kappa shape index (κ1) is 18.3. The molecular weight excluding hydrogens is 359 g/mol. The average molecular weight is 382 g/mol. The number of rotatable bonds is 4. The standard InChI is InChI=1S/C25H23N2P/c1-20-19-21(17-18-25(20)26)27-28(22-11-5-2-6-12-22,23-13-7-3-8-14-23)24-15-9-4-10-16-24/h2-19H,26H2,1H3. The molecule has 0 spiro atoms. The van der Waals surface area contributed by atoms with Gasteiger partial charge in [-0.3, -0.25) is 4.74 Å². The van der Waals surface area contributed by atoms with Crippen LogP contribution < -0.4 is 21.6 Å². The Kier molecular flexibility index (Phi) is 5.14. The van der Waals surface area contributed by atoms with Gasteiger partial charge in [0.15, 0.2) is 0 Å². The van der Waals surface area contributed by atoms with E-state index in [4.69, 9.17) is 10.5 Å². The van der Waals surface area contributed by atoms with Crippen LogP contribution in [0.1, 0.15) is 5.56 Å². The second-order valence-corrected chi connectivity index (χ2v) is 9.80. The number of aryl methyl sites for hydroxylation is 1. The summed E-state index contributed by atoms with van der Waals surface area (Å²) in [7, 11) is -2.23. The summed E-state index contributed by atoms with van der Waals surface area (Å²) in [5.74, 6) is 0. The second-order valence-electron chi connectivity index (χ2n) is 6.78. The lowest BCUT2D eigenvalue weighted by Gasteiger charge is -2.27. The molecule has 3 heteroatoms. The molecule has 2 N–H and O–H groups in total. The van der Waals surface area contributed by atoms with E-state index >= 15 is 0 Å². The van der Waals surface area contributed by atoms with Gasteiger partial charge in [0.05, 0.1) is 12.7 Å². The van der Waals surface area contributed by atoms with Gasteiger partial charge in [0.2, 0.25) is 0 Å². The van der Waals surface area contributed by atoms with E-state index in [9.17, 15) is 0 Å². The molecule has 4 aromatic carbocycles. The number of nitrogens with two attached hydrogens (primary N) is 1. The number of benzene rings is 4. The van der Waals surface area contributed by atoms with Crippen LogP contribution in [0.3, 0.4) is 0 Å². The molecule has 138 valence electrons. The van der Waals surface area contributed by atoms with Gasteiger partial charge in [-0.25, -0.2) is 0 Å². The van der Waals surface area contributed by atoms with Crippen molar-refractivity contribution < 1.29 is 0 Å². The Bertz CT molecular complexity index is 1020. The Balaban J connectivity index is 2.12. The maximum Gasteiger partial charge on any atom is 0.0629 e. The summed E-state index contributed by atoms with van der Waals surface area (Å²) in [6.07, 6.45) is 0. The molecule has 0 saturated carbocycles. The van der Waals surface area contributed by atoms with Gasteiger partial charge in [0, 0.05) is 21.6 Å². The smallest absolute Gasteiger partial charge is 0.0629 e. The Morgan fingerprint density at radius 3 is 1.43 bits per heavy atom. The van der Waals surface area contributed by atoms with E-state index in [2.05, 4.69) is 97.1 Å². The van der Waals surface area contributed by atoms with Crippen molar-refractivity contribution in [3.63, 3.8) is 0 Å². The predicted molar refractivity (Wildman–Crippen MR) is 123 cm³/mol. The van der Waals surface area contributed by atoms with Gasteiger partial charge in [-0.15, -0.1) is 0 Å². The Morgan fingerprint density at radius 2 is 1.04 bits per heavy atom. The van der Waals surface area contributed by atoms with E-state index in [1.54, 1.807) is 0 Å². The van der Waals surface area contributed by atoms with E-state index in [0.717, 1.165) is 16.9 Å². The molecule has 0 atom stereocenters. The summed E-state index contributed by atoms with van der Waals surface area (Å²) in [6.45, 7) is 2.03. The molecule has 2 nitrogen and oxygen atoms in total. The highest BCUT2D eigenvalue weighted by molar-refractivity contribution is 7.87. The minimum absolute atomic E-state index is 0.794. The number of nitrogen functional groups attached to an aromatic ring is 1. The fourth-order valence-electron chi connectivity index (χ4n) is 3.45. The van der Waals surface area contributed by atoms with Crippen molar-refractivity contribution in [2.75, 3.05) is 5.73 Å². The van der Waals surface area contributed by atoms with Crippen molar-refractivity contribution in [2.45, 2.75) is 6.92 Å². The zero-order valence-corrected chi connectivity index (χ0v) is 16.8. The normalized spacial score (nSPS) is 11.2. The molecule has 0 bridgehead atoms. The summed E-state index contributed by atoms with van der Waals surface area (Å²) in [4.78, 5) is 0. The molecule has 0 amide bonds. The topological polar surface area (TPSA) is 38.4 Å². The molecule has 0 aliphatic carbocycles. The van der Waals surface area contributed by atoms with Gasteiger partial charge in [-0.1, -0.05) is 91.0 Å². The van der Waals surface area contributed by atoms with Crippen LogP contribution in [0.4, 0.5) is 11.4 Å². The van der Waals surface area contributed by atoms with Gasteiger partial charge < -0.3 is 5.73 Å². The molecule has 0 unspecified atom stereocenters. The Hall–Kier alpha value is -3.09. The molecule has 4 rings (SSSR count). The monoisotopic (exact) mass is 382 g/mol. The summed E-state index contributed by atoms with van der Waals surface area (Å²) < 4.78 is 5.46. The number of nitrogens with zero attached hydrogens (tertiary/aromatic N) is 1. The van der Waals surface area contributed by atoms with Crippen LogP contribution in [0.5, 0.6) is 0 Å². The van der Waals surface area contributed by atoms with E-state index in [1.165, 1.54) is 15.9 Å². The Labute approximate surface area is 166 Å². The number of anilines is 1. The van der Waals surface area contributed by atoms with Gasteiger partial charge in [0.1, 0.15) is 0 Å². The minimum Gasteiger partial charge on any atom is -0.399 e. The zero-order valence-electron chi connectivity index (χ0n) is 15.9. The first-order chi connectivity index (χ1) is 13.7. The van der Waals surface area contributed by atoms with E-state index < -0.39 is 7.05 Å². The van der Waals surface area contributed by atoms with Gasteiger partial charge in [-0.2, -0.15) is 0 Å². The van der Waals surface area contributed by atoms with Crippen molar-refractivity contribution in [3.8, 4) is 0 Å². The lowest BCUT2D eigenvalue weighted by molar-refractivity contribution is 1.44. The van der Waals surface area contributed by atoms with Crippen molar-refractivity contribution in [3.05, 3.63) is 115 Å². The van der Waals surface area contributed by atoms with Crippen molar-refractivity contribution in [2.24, 2.45) is 4.74 Å². The molecule has 0 aromatic heterocycles. The van der Waals surface area contributed by atoms with Gasteiger partial charge in [0.25, 0.3) is 0 Å². The third-order valence-electron chi connectivity index (χ3n) is 4.91. The second kappa shape index (κ2) is 7.88. The molecule has 0 aliphatic heterocycles. The quantitative estimate of drug-likeness (QED) is 0.373. The molecule has 4 aromatic rings. The van der Waals surface area contributed by atoms with Gasteiger partial charge >= 0.3 is 0 Å². The summed E-state index contributed by atoms with van der Waals surface area (Å²) >= 11 is 0. The predicted octanol–water partition coefficient (Wildman–Crippen LogP) is 5.39. The van der Waals surface area contributed by atoms with Crippen LogP contribution in [0.2, 0.25) is 0 Å². The summed E-state index contributed by atoms with van der Waals surface area (Å²) in [5, 5.41) is 3.71. The molecule has 0 heterocycles. The third-order valence-corrected chi connectivity index (χ3v) is 8.58. The maximum absolute atomic E-state index is 6.05. The third kappa shape index (κ3) is 3.40. The van der Waals surface area contributed by atoms with Crippen molar-refractivity contribution in [1.82, 2.24) is 0 Å². The highest BCUT2D eigenvalue weighted by Crippen LogP contribution is 2.49. The highest BCUT2D eigenvalue weighted by atomic mass is 31.2. The number of hydrogen-bond donors (Lipinski definition) is 1. The minimum atomic E-state index is -2.23. The fourth-order valence-corrected chi connectivity index (χ4v) is 6.97. The van der Waals surface area contributed by atoms with Crippen LogP contribution >= 0.6 is 7.05 Å². The van der Waals surface area contributed by atoms with Crippen LogP contribution in [0.15, 0.2) is 114 Å².